The van der Waals surface area contributed by atoms with Crippen molar-refractivity contribution in [2.45, 2.75) is 64.5 Å². The highest BCUT2D eigenvalue weighted by molar-refractivity contribution is 6.03. The van der Waals surface area contributed by atoms with Crippen LogP contribution in [-0.2, 0) is 10.3 Å². The number of amides is 1. The van der Waals surface area contributed by atoms with Gasteiger partial charge in [-0.2, -0.15) is 0 Å². The number of anilines is 1. The number of rotatable bonds is 7. The maximum atomic E-state index is 15.1. The van der Waals surface area contributed by atoms with Gasteiger partial charge in [0, 0.05) is 18.8 Å². The van der Waals surface area contributed by atoms with Gasteiger partial charge in [0.1, 0.15) is 28.8 Å². The van der Waals surface area contributed by atoms with Gasteiger partial charge in [-0.05, 0) is 93.3 Å². The summed E-state index contributed by atoms with van der Waals surface area (Å²) in [5.74, 6) is -3.03. The minimum Gasteiger partial charge on any atom is -0.371 e. The van der Waals surface area contributed by atoms with Crippen LogP contribution >= 0.6 is 0 Å². The van der Waals surface area contributed by atoms with Crippen LogP contribution in [0.15, 0.2) is 42.7 Å². The summed E-state index contributed by atoms with van der Waals surface area (Å²) >= 11 is 0. The molecule has 2 aromatic heterocycles. The summed E-state index contributed by atoms with van der Waals surface area (Å²) < 4.78 is 50.6. The summed E-state index contributed by atoms with van der Waals surface area (Å²) in [6, 6.07) is 6.26. The van der Waals surface area contributed by atoms with Crippen LogP contribution in [0.1, 0.15) is 74.5 Å². The van der Waals surface area contributed by atoms with Crippen LogP contribution in [0.2, 0.25) is 0 Å². The first kappa shape index (κ1) is 27.7. The Balaban J connectivity index is 1.64. The van der Waals surface area contributed by atoms with Crippen LogP contribution in [0, 0.1) is 23.4 Å². The number of ether oxygens (including phenoxy) is 1. The third kappa shape index (κ3) is 5.89. The van der Waals surface area contributed by atoms with Crippen LogP contribution in [0.3, 0.4) is 0 Å². The summed E-state index contributed by atoms with van der Waals surface area (Å²) in [4.78, 5) is 21.3. The third-order valence-electron chi connectivity index (χ3n) is 7.08. The molecule has 38 heavy (non-hydrogen) atoms. The molecule has 1 amide bonds. The molecule has 202 valence electrons. The van der Waals surface area contributed by atoms with Gasteiger partial charge in [0.25, 0.3) is 5.91 Å². The fourth-order valence-electron chi connectivity index (χ4n) is 5.30. The van der Waals surface area contributed by atoms with E-state index in [1.165, 1.54) is 6.07 Å². The van der Waals surface area contributed by atoms with Crippen LogP contribution in [-0.4, -0.2) is 28.5 Å². The van der Waals surface area contributed by atoms with Gasteiger partial charge in [0.05, 0.1) is 23.0 Å². The average molecular weight is 527 g/mol. The topological polar surface area (TPSA) is 90.1 Å². The number of nitrogens with one attached hydrogen (secondary N) is 1. The molecule has 9 heteroatoms. The van der Waals surface area contributed by atoms with E-state index in [0.29, 0.717) is 18.2 Å². The SMILES string of the molecule is CCOC(C)(C)c1cc(F)c(-c2nc(C(=O)Nc3cnccc3[C@@H]3C[C@H](C)C[C@@H](N)C3)ccc2F)c(F)c1. The quantitative estimate of drug-likeness (QED) is 0.376. The number of pyridine rings is 2. The van der Waals surface area contributed by atoms with E-state index in [1.54, 1.807) is 33.2 Å². The van der Waals surface area contributed by atoms with Crippen molar-refractivity contribution in [1.29, 1.82) is 0 Å². The van der Waals surface area contributed by atoms with Crippen molar-refractivity contribution in [2.24, 2.45) is 11.7 Å². The number of nitrogens with zero attached hydrogens (tertiary/aromatic N) is 2. The molecule has 1 saturated carbocycles. The van der Waals surface area contributed by atoms with Crippen molar-refractivity contribution >= 4 is 11.6 Å². The predicted octanol–water partition coefficient (Wildman–Crippen LogP) is 6.32. The highest BCUT2D eigenvalue weighted by Gasteiger charge is 2.29. The number of benzene rings is 1. The van der Waals surface area contributed by atoms with E-state index in [9.17, 15) is 9.18 Å². The average Bonchev–Trinajstić information content (AvgIpc) is 2.84. The molecule has 3 atom stereocenters. The van der Waals surface area contributed by atoms with Crippen LogP contribution < -0.4 is 11.1 Å². The number of hydrogen-bond acceptors (Lipinski definition) is 5. The Kier molecular flexibility index (Phi) is 8.18. The first-order valence-electron chi connectivity index (χ1n) is 12.8. The molecule has 0 radical (unpaired) electrons. The molecule has 4 rings (SSSR count). The van der Waals surface area contributed by atoms with E-state index in [1.807, 2.05) is 6.07 Å². The summed E-state index contributed by atoms with van der Waals surface area (Å²) in [6.45, 7) is 7.64. The van der Waals surface area contributed by atoms with Crippen molar-refractivity contribution in [3.05, 3.63) is 77.0 Å². The predicted molar refractivity (Wildman–Crippen MR) is 140 cm³/mol. The van der Waals surface area contributed by atoms with Crippen molar-refractivity contribution in [2.75, 3.05) is 11.9 Å². The molecule has 1 fully saturated rings. The van der Waals surface area contributed by atoms with Crippen molar-refractivity contribution in [3.63, 3.8) is 0 Å². The van der Waals surface area contributed by atoms with Gasteiger partial charge in [0.2, 0.25) is 0 Å². The number of halogens is 3. The van der Waals surface area contributed by atoms with E-state index in [0.717, 1.165) is 43.0 Å². The second-order valence-corrected chi connectivity index (χ2v) is 10.5. The van der Waals surface area contributed by atoms with Gasteiger partial charge < -0.3 is 15.8 Å². The second kappa shape index (κ2) is 11.2. The molecular weight excluding hydrogens is 493 g/mol. The number of aromatic nitrogens is 2. The minimum absolute atomic E-state index is 0.0667. The number of carbonyl (C=O) groups is 1. The standard InChI is InChI=1S/C29H33F3N4O2/c1-5-38-29(3,4)18-13-22(31)26(23(32)14-18)27-21(30)6-7-24(35-27)28(37)36-25-15-34-9-8-20(25)17-10-16(2)11-19(33)12-17/h6-9,13-17,19H,5,10-12,33H2,1-4H3,(H,36,37)/t16-,17+,19+/m0/s1. The summed E-state index contributed by atoms with van der Waals surface area (Å²) in [6.07, 6.45) is 5.86. The van der Waals surface area contributed by atoms with E-state index in [4.69, 9.17) is 10.5 Å². The van der Waals surface area contributed by atoms with E-state index >= 15 is 8.78 Å². The molecule has 0 unspecified atom stereocenters. The monoisotopic (exact) mass is 526 g/mol. The summed E-state index contributed by atoms with van der Waals surface area (Å²) in [5.41, 5.74) is 5.51. The third-order valence-corrected chi connectivity index (χ3v) is 7.08. The molecule has 3 aromatic rings. The zero-order chi connectivity index (χ0) is 27.6. The molecule has 6 nitrogen and oxygen atoms in total. The Morgan fingerprint density at radius 2 is 1.82 bits per heavy atom. The lowest BCUT2D eigenvalue weighted by Gasteiger charge is -2.32. The van der Waals surface area contributed by atoms with Gasteiger partial charge in [-0.3, -0.25) is 9.78 Å². The van der Waals surface area contributed by atoms with Gasteiger partial charge in [-0.25, -0.2) is 18.2 Å². The van der Waals surface area contributed by atoms with Crippen LogP contribution in [0.5, 0.6) is 0 Å². The first-order chi connectivity index (χ1) is 18.0. The molecule has 0 aliphatic heterocycles. The highest BCUT2D eigenvalue weighted by Crippen LogP contribution is 2.38. The number of nitrogens with two attached hydrogens (primary N) is 1. The Labute approximate surface area is 220 Å². The molecule has 1 aliphatic rings. The molecule has 0 bridgehead atoms. The minimum atomic E-state index is -1.01. The molecule has 2 heterocycles. The Hall–Kier alpha value is -3.30. The van der Waals surface area contributed by atoms with Gasteiger partial charge >= 0.3 is 0 Å². The van der Waals surface area contributed by atoms with E-state index in [2.05, 4.69) is 22.2 Å². The van der Waals surface area contributed by atoms with E-state index in [-0.39, 0.29) is 23.2 Å². The summed E-state index contributed by atoms with van der Waals surface area (Å²) in [7, 11) is 0. The molecule has 0 spiro atoms. The molecule has 0 saturated heterocycles. The number of hydrogen-bond donors (Lipinski definition) is 2. The summed E-state index contributed by atoms with van der Waals surface area (Å²) in [5, 5.41) is 2.79. The maximum absolute atomic E-state index is 15.1. The Morgan fingerprint density at radius 1 is 1.11 bits per heavy atom. The normalized spacial score (nSPS) is 19.8. The zero-order valence-corrected chi connectivity index (χ0v) is 22.0. The number of carbonyl (C=O) groups excluding carboxylic acids is 1. The lowest BCUT2D eigenvalue weighted by molar-refractivity contribution is -0.0144. The molecule has 1 aromatic carbocycles. The molecule has 3 N–H and O–H groups in total. The Bertz CT molecular complexity index is 1300. The Morgan fingerprint density at radius 3 is 2.47 bits per heavy atom. The molecule has 1 aliphatic carbocycles. The fourth-order valence-corrected chi connectivity index (χ4v) is 5.30. The van der Waals surface area contributed by atoms with Crippen LogP contribution in [0.25, 0.3) is 11.3 Å². The largest absolute Gasteiger partial charge is 0.371 e. The van der Waals surface area contributed by atoms with Gasteiger partial charge in [0.15, 0.2) is 0 Å². The second-order valence-electron chi connectivity index (χ2n) is 10.5. The van der Waals surface area contributed by atoms with Gasteiger partial charge in [-0.15, -0.1) is 0 Å². The van der Waals surface area contributed by atoms with Crippen molar-refractivity contribution in [3.8, 4) is 11.3 Å². The van der Waals surface area contributed by atoms with Crippen LogP contribution in [0.4, 0.5) is 18.9 Å². The lowest BCUT2D eigenvalue weighted by atomic mass is 9.76. The molecular formula is C29H33F3N4O2. The lowest BCUT2D eigenvalue weighted by Crippen LogP contribution is -2.31. The van der Waals surface area contributed by atoms with Crippen molar-refractivity contribution in [1.82, 2.24) is 9.97 Å². The highest BCUT2D eigenvalue weighted by atomic mass is 19.1. The van der Waals surface area contributed by atoms with E-state index < -0.39 is 40.2 Å². The smallest absolute Gasteiger partial charge is 0.274 e. The fraction of sp³-hybridized carbons (Fsp3) is 0.414. The zero-order valence-electron chi connectivity index (χ0n) is 22.0. The van der Waals surface area contributed by atoms with Gasteiger partial charge in [-0.1, -0.05) is 6.92 Å². The van der Waals surface area contributed by atoms with Crippen molar-refractivity contribution < 1.29 is 22.7 Å². The maximum Gasteiger partial charge on any atom is 0.274 e. The first-order valence-corrected chi connectivity index (χ1v) is 12.8.